The van der Waals surface area contributed by atoms with Gasteiger partial charge in [0.15, 0.2) is 0 Å². The van der Waals surface area contributed by atoms with Gasteiger partial charge in [-0.05, 0) is 49.5 Å². The van der Waals surface area contributed by atoms with Gasteiger partial charge in [-0.15, -0.1) is 11.6 Å². The van der Waals surface area contributed by atoms with Crippen LogP contribution in [0.5, 0.6) is 0 Å². The SMILES string of the molecule is CC1=C(C)C(C)=C(c2ccccc2C(C)[N-]C(C)(C)C)C1.[Cl-].[Cl-].[Ti+3]. The minimum absolute atomic E-state index is 0. The third-order valence-electron chi connectivity index (χ3n) is 4.41. The van der Waals surface area contributed by atoms with Crippen molar-refractivity contribution in [2.24, 2.45) is 0 Å². The van der Waals surface area contributed by atoms with Crippen LogP contribution in [0, 0.1) is 0 Å². The fourth-order valence-electron chi connectivity index (χ4n) is 3.16. The quantitative estimate of drug-likeness (QED) is 0.653. The number of hydrogen-bond donors (Lipinski definition) is 0. The maximum absolute atomic E-state index is 4.94. The minimum Gasteiger partial charge on any atom is -1.00 e. The summed E-state index contributed by atoms with van der Waals surface area (Å²) in [4.78, 5) is 0. The van der Waals surface area contributed by atoms with Gasteiger partial charge >= 0.3 is 21.7 Å². The van der Waals surface area contributed by atoms with Crippen LogP contribution in [0.15, 0.2) is 41.0 Å². The van der Waals surface area contributed by atoms with E-state index < -0.39 is 0 Å². The van der Waals surface area contributed by atoms with Crippen LogP contribution in [0.25, 0.3) is 10.9 Å². The van der Waals surface area contributed by atoms with E-state index in [9.17, 15) is 0 Å². The summed E-state index contributed by atoms with van der Waals surface area (Å²) in [5.74, 6) is 0. The molecule has 131 valence electrons. The summed E-state index contributed by atoms with van der Waals surface area (Å²) < 4.78 is 0. The van der Waals surface area contributed by atoms with Gasteiger partial charge in [-0.3, -0.25) is 0 Å². The molecule has 0 saturated carbocycles. The Kier molecular flexibility index (Phi) is 11.1. The molecule has 4 heteroatoms. The number of hydrogen-bond acceptors (Lipinski definition) is 0. The molecule has 2 rings (SSSR count). The van der Waals surface area contributed by atoms with E-state index in [0.29, 0.717) is 0 Å². The van der Waals surface area contributed by atoms with Gasteiger partial charge in [0.05, 0.1) is 0 Å². The van der Waals surface area contributed by atoms with E-state index in [1.165, 1.54) is 33.4 Å². The smallest absolute Gasteiger partial charge is 1.00 e. The van der Waals surface area contributed by atoms with Gasteiger partial charge < -0.3 is 30.1 Å². The van der Waals surface area contributed by atoms with Crippen LogP contribution < -0.4 is 24.8 Å². The number of halogens is 2. The Morgan fingerprint density at radius 3 is 1.96 bits per heavy atom. The predicted molar refractivity (Wildman–Crippen MR) is 93.6 cm³/mol. The Balaban J connectivity index is 0. The molecule has 0 aromatic heterocycles. The second-order valence-electron chi connectivity index (χ2n) is 7.25. The Morgan fingerprint density at radius 2 is 1.50 bits per heavy atom. The van der Waals surface area contributed by atoms with Crippen molar-refractivity contribution in [2.45, 2.75) is 66.5 Å². The number of allylic oxidation sites excluding steroid dienone is 4. The molecule has 0 fully saturated rings. The first kappa shape index (κ1) is 26.2. The van der Waals surface area contributed by atoms with Gasteiger partial charge in [-0.1, -0.05) is 63.1 Å². The van der Waals surface area contributed by atoms with Crippen molar-refractivity contribution in [3.63, 3.8) is 0 Å². The fraction of sp³-hybridized carbons (Fsp3) is 0.500. The van der Waals surface area contributed by atoms with Crippen LogP contribution in [0.3, 0.4) is 0 Å². The monoisotopic (exact) mass is 400 g/mol. The van der Waals surface area contributed by atoms with E-state index in [1.54, 1.807) is 0 Å². The molecule has 0 amide bonds. The Labute approximate surface area is 175 Å². The summed E-state index contributed by atoms with van der Waals surface area (Å²) in [7, 11) is 0. The molecule has 0 N–H and O–H groups in total. The van der Waals surface area contributed by atoms with Crippen molar-refractivity contribution in [3.05, 3.63) is 57.4 Å². The maximum Gasteiger partial charge on any atom is 3.00 e. The van der Waals surface area contributed by atoms with Crippen molar-refractivity contribution < 1.29 is 46.5 Å². The van der Waals surface area contributed by atoms with E-state index in [-0.39, 0.29) is 58.1 Å². The predicted octanol–water partition coefficient (Wildman–Crippen LogP) is 0.439. The van der Waals surface area contributed by atoms with E-state index in [2.05, 4.69) is 72.7 Å². The Hall–Kier alpha value is -0.0457. The average Bonchev–Trinajstić information content (AvgIpc) is 2.64. The fourth-order valence-corrected chi connectivity index (χ4v) is 3.16. The molecule has 1 aliphatic carbocycles. The van der Waals surface area contributed by atoms with Crippen molar-refractivity contribution in [1.29, 1.82) is 0 Å². The molecule has 0 spiro atoms. The standard InChI is InChI=1S/C20H28N.2ClH.Ti/c1-13-12-19(15(3)14(13)2)18-11-9-8-10-17(18)16(4)21-20(5,6)7;;;/h8-11,16H,12H2,1-7H3;2*1H;/q-1;;;+3/p-2. The number of nitrogens with zero attached hydrogens (tertiary/aromatic N) is 1. The topological polar surface area (TPSA) is 14.1 Å². The molecule has 1 aromatic carbocycles. The Morgan fingerprint density at radius 1 is 0.958 bits per heavy atom. The molecule has 1 unspecified atom stereocenters. The Bertz CT molecular complexity index is 612. The molecule has 0 saturated heterocycles. The molecule has 24 heavy (non-hydrogen) atoms. The van der Waals surface area contributed by atoms with E-state index in [4.69, 9.17) is 5.32 Å². The van der Waals surface area contributed by atoms with Crippen LogP contribution in [-0.2, 0) is 21.7 Å². The van der Waals surface area contributed by atoms with Gasteiger partial charge in [0.1, 0.15) is 0 Å². The average molecular weight is 401 g/mol. The van der Waals surface area contributed by atoms with Gasteiger partial charge in [0.25, 0.3) is 0 Å². The molecule has 1 aliphatic rings. The van der Waals surface area contributed by atoms with E-state index in [1.807, 2.05) is 0 Å². The summed E-state index contributed by atoms with van der Waals surface area (Å²) in [5.41, 5.74) is 8.61. The summed E-state index contributed by atoms with van der Waals surface area (Å²) in [6.45, 7) is 15.5. The normalized spacial score (nSPS) is 15.5. The molecule has 1 nitrogen and oxygen atoms in total. The molecule has 1 radical (unpaired) electrons. The largest absolute Gasteiger partial charge is 3.00 e. The molecule has 0 aliphatic heterocycles. The summed E-state index contributed by atoms with van der Waals surface area (Å²) in [6, 6.07) is 8.99. The first-order valence-electron chi connectivity index (χ1n) is 7.88. The second kappa shape index (κ2) is 10.2. The number of rotatable bonds is 3. The van der Waals surface area contributed by atoms with Crippen LogP contribution in [0.4, 0.5) is 0 Å². The third-order valence-corrected chi connectivity index (χ3v) is 4.41. The molecule has 1 atom stereocenters. The molecule has 0 heterocycles. The van der Waals surface area contributed by atoms with Crippen LogP contribution >= 0.6 is 0 Å². The first-order valence-corrected chi connectivity index (χ1v) is 7.88. The van der Waals surface area contributed by atoms with Gasteiger partial charge in [-0.25, -0.2) is 0 Å². The molecular weight excluding hydrogens is 373 g/mol. The van der Waals surface area contributed by atoms with Crippen molar-refractivity contribution in [2.75, 3.05) is 0 Å². The van der Waals surface area contributed by atoms with E-state index in [0.717, 1.165) is 6.42 Å². The van der Waals surface area contributed by atoms with Gasteiger partial charge in [0.2, 0.25) is 0 Å². The molecule has 0 bridgehead atoms. The number of benzene rings is 1. The summed E-state index contributed by atoms with van der Waals surface area (Å²) >= 11 is 0. The maximum atomic E-state index is 4.94. The van der Waals surface area contributed by atoms with Crippen LogP contribution in [0.1, 0.15) is 72.1 Å². The zero-order chi connectivity index (χ0) is 15.8. The second-order valence-corrected chi connectivity index (χ2v) is 7.25. The molecule has 1 aromatic rings. The zero-order valence-corrected chi connectivity index (χ0v) is 18.9. The van der Waals surface area contributed by atoms with Crippen molar-refractivity contribution in [3.8, 4) is 0 Å². The van der Waals surface area contributed by atoms with Crippen LogP contribution in [0.2, 0.25) is 0 Å². The van der Waals surface area contributed by atoms with Gasteiger partial charge in [0, 0.05) is 0 Å². The third kappa shape index (κ3) is 6.04. The van der Waals surface area contributed by atoms with Crippen molar-refractivity contribution >= 4 is 5.57 Å². The first-order chi connectivity index (χ1) is 9.70. The molecular formula is C20H28Cl2NTi. The van der Waals surface area contributed by atoms with Gasteiger partial charge in [-0.2, -0.15) is 0 Å². The van der Waals surface area contributed by atoms with Crippen LogP contribution in [-0.4, -0.2) is 5.54 Å². The van der Waals surface area contributed by atoms with E-state index >= 15 is 0 Å². The zero-order valence-electron chi connectivity index (χ0n) is 15.8. The minimum atomic E-state index is -0.00425. The summed E-state index contributed by atoms with van der Waals surface area (Å²) in [6.07, 6.45) is 1.08. The summed E-state index contributed by atoms with van der Waals surface area (Å²) in [5, 5.41) is 4.94. The van der Waals surface area contributed by atoms with Crippen molar-refractivity contribution in [1.82, 2.24) is 0 Å².